The average molecular weight is 399 g/mol. The van der Waals surface area contributed by atoms with Crippen molar-refractivity contribution in [3.63, 3.8) is 0 Å². The van der Waals surface area contributed by atoms with E-state index in [1.165, 1.54) is 11.8 Å². The predicted molar refractivity (Wildman–Crippen MR) is 102 cm³/mol. The van der Waals surface area contributed by atoms with Crippen molar-refractivity contribution in [1.82, 2.24) is 4.90 Å². The van der Waals surface area contributed by atoms with E-state index in [1.807, 2.05) is 0 Å². The minimum atomic E-state index is -0.842. The fourth-order valence-electron chi connectivity index (χ4n) is 3.07. The zero-order valence-corrected chi connectivity index (χ0v) is 15.9. The van der Waals surface area contributed by atoms with Crippen molar-refractivity contribution in [2.24, 2.45) is 0 Å². The Bertz CT molecular complexity index is 777. The summed E-state index contributed by atoms with van der Waals surface area (Å²) in [6.07, 6.45) is -1.16. The van der Waals surface area contributed by atoms with Crippen LogP contribution in [0.5, 0.6) is 11.5 Å². The van der Waals surface area contributed by atoms with Gasteiger partial charge < -0.3 is 23.8 Å². The van der Waals surface area contributed by atoms with Crippen molar-refractivity contribution in [3.05, 3.63) is 60.7 Å². The highest BCUT2D eigenvalue weighted by molar-refractivity contribution is 5.75. The van der Waals surface area contributed by atoms with Crippen molar-refractivity contribution in [2.75, 3.05) is 13.2 Å². The summed E-state index contributed by atoms with van der Waals surface area (Å²) in [5.41, 5.74) is 0. The second kappa shape index (κ2) is 9.59. The summed E-state index contributed by atoms with van der Waals surface area (Å²) >= 11 is 0. The van der Waals surface area contributed by atoms with Gasteiger partial charge in [0.25, 0.3) is 0 Å². The summed E-state index contributed by atoms with van der Waals surface area (Å²) in [6.45, 7) is 1.40. The van der Waals surface area contributed by atoms with Crippen LogP contribution in [0.3, 0.4) is 0 Å². The molecule has 2 unspecified atom stereocenters. The van der Waals surface area contributed by atoms with Gasteiger partial charge in [-0.05, 0) is 30.7 Å². The smallest absolute Gasteiger partial charge is 0.432 e. The number of amides is 1. The van der Waals surface area contributed by atoms with Gasteiger partial charge in [-0.25, -0.2) is 9.59 Å². The lowest BCUT2D eigenvalue weighted by atomic mass is 9.94. The number of carbonyl (C=O) groups excluding carboxylic acids is 3. The highest BCUT2D eigenvalue weighted by Gasteiger charge is 2.41. The van der Waals surface area contributed by atoms with E-state index in [9.17, 15) is 14.4 Å². The quantitative estimate of drug-likeness (QED) is 0.543. The summed E-state index contributed by atoms with van der Waals surface area (Å²) in [5.74, 6) is 0.543. The predicted octanol–water partition coefficient (Wildman–Crippen LogP) is 3.41. The van der Waals surface area contributed by atoms with Gasteiger partial charge in [0.15, 0.2) is 0 Å². The van der Waals surface area contributed by atoms with Crippen LogP contribution in [0.25, 0.3) is 0 Å². The second-order valence-corrected chi connectivity index (χ2v) is 6.42. The molecule has 0 N–H and O–H groups in total. The van der Waals surface area contributed by atoms with Gasteiger partial charge in [-0.2, -0.15) is 0 Å². The molecule has 29 heavy (non-hydrogen) atoms. The molecule has 0 aromatic heterocycles. The van der Waals surface area contributed by atoms with Crippen molar-refractivity contribution in [3.8, 4) is 11.5 Å². The summed E-state index contributed by atoms with van der Waals surface area (Å²) < 4.78 is 20.3. The van der Waals surface area contributed by atoms with E-state index in [0.29, 0.717) is 17.9 Å². The first-order chi connectivity index (χ1) is 14.0. The largest absolute Gasteiger partial charge is 0.513 e. The van der Waals surface area contributed by atoms with Crippen molar-refractivity contribution in [1.29, 1.82) is 0 Å². The van der Waals surface area contributed by atoms with E-state index >= 15 is 0 Å². The molecule has 1 fully saturated rings. The molecule has 8 nitrogen and oxygen atoms in total. The van der Waals surface area contributed by atoms with Crippen molar-refractivity contribution >= 4 is 18.2 Å². The molecule has 0 saturated carbocycles. The molecule has 3 rings (SSSR count). The number of hydrogen-bond acceptors (Lipinski definition) is 7. The van der Waals surface area contributed by atoms with Gasteiger partial charge in [0.1, 0.15) is 24.7 Å². The fourth-order valence-corrected chi connectivity index (χ4v) is 3.07. The minimum Gasteiger partial charge on any atom is -0.432 e. The topological polar surface area (TPSA) is 91.4 Å². The van der Waals surface area contributed by atoms with Crippen LogP contribution in [-0.4, -0.2) is 48.4 Å². The number of rotatable bonds is 6. The highest BCUT2D eigenvalue weighted by Crippen LogP contribution is 2.27. The zero-order valence-electron chi connectivity index (χ0n) is 15.9. The van der Waals surface area contributed by atoms with Crippen LogP contribution in [0, 0.1) is 0 Å². The third-order valence-corrected chi connectivity index (χ3v) is 4.37. The third-order valence-electron chi connectivity index (χ3n) is 4.37. The lowest BCUT2D eigenvalue weighted by molar-refractivity contribution is -0.147. The molecule has 0 spiro atoms. The molecule has 1 aliphatic heterocycles. The number of ether oxygens (including phenoxy) is 4. The van der Waals surface area contributed by atoms with Gasteiger partial charge in [0, 0.05) is 6.92 Å². The SMILES string of the molecule is CC(=O)N1C(COC(=O)Oc2ccccc2)CC1COC(=O)Oc1ccccc1. The normalized spacial score (nSPS) is 17.6. The summed E-state index contributed by atoms with van der Waals surface area (Å²) in [5, 5.41) is 0. The molecule has 1 amide bonds. The Morgan fingerprint density at radius 2 is 1.21 bits per heavy atom. The maximum atomic E-state index is 11.9. The molecule has 0 aliphatic carbocycles. The van der Waals surface area contributed by atoms with Crippen LogP contribution in [0.1, 0.15) is 13.3 Å². The summed E-state index contributed by atoms with van der Waals surface area (Å²) in [4.78, 5) is 37.0. The van der Waals surface area contributed by atoms with Gasteiger partial charge >= 0.3 is 12.3 Å². The Morgan fingerprint density at radius 3 is 1.59 bits per heavy atom. The first-order valence-corrected chi connectivity index (χ1v) is 9.11. The molecule has 0 bridgehead atoms. The van der Waals surface area contributed by atoms with Gasteiger partial charge in [-0.15, -0.1) is 0 Å². The van der Waals surface area contributed by atoms with Gasteiger partial charge in [0.2, 0.25) is 5.91 Å². The number of para-hydroxylation sites is 2. The molecule has 152 valence electrons. The molecule has 2 atom stereocenters. The lowest BCUT2D eigenvalue weighted by Gasteiger charge is -2.47. The Balaban J connectivity index is 1.41. The van der Waals surface area contributed by atoms with E-state index in [-0.39, 0.29) is 31.2 Å². The van der Waals surface area contributed by atoms with Gasteiger partial charge in [0.05, 0.1) is 12.1 Å². The maximum absolute atomic E-state index is 11.9. The lowest BCUT2D eigenvalue weighted by Crippen LogP contribution is -2.61. The van der Waals surface area contributed by atoms with Crippen LogP contribution < -0.4 is 9.47 Å². The number of benzene rings is 2. The first kappa shape index (κ1) is 20.2. The molecule has 0 radical (unpaired) electrons. The fraction of sp³-hybridized carbons (Fsp3) is 0.286. The average Bonchev–Trinajstić information content (AvgIpc) is 2.67. The molecule has 8 heteroatoms. The number of carbonyl (C=O) groups is 3. The second-order valence-electron chi connectivity index (χ2n) is 6.42. The molecule has 1 saturated heterocycles. The molecule has 2 aromatic rings. The first-order valence-electron chi connectivity index (χ1n) is 9.11. The number of nitrogens with zero attached hydrogens (tertiary/aromatic N) is 1. The molecule has 1 aliphatic rings. The Morgan fingerprint density at radius 1 is 0.793 bits per heavy atom. The number of likely N-dealkylation sites (tertiary alicyclic amines) is 1. The summed E-state index contributed by atoms with van der Waals surface area (Å²) in [6, 6.07) is 16.5. The van der Waals surface area contributed by atoms with Crippen LogP contribution >= 0.6 is 0 Å². The van der Waals surface area contributed by atoms with E-state index in [0.717, 1.165) is 0 Å². The Hall–Kier alpha value is -3.55. The van der Waals surface area contributed by atoms with Crippen LogP contribution in [0.15, 0.2) is 60.7 Å². The van der Waals surface area contributed by atoms with Crippen molar-refractivity contribution in [2.45, 2.75) is 25.4 Å². The third kappa shape index (κ3) is 5.71. The Kier molecular flexibility index (Phi) is 6.67. The van der Waals surface area contributed by atoms with E-state index in [1.54, 1.807) is 60.7 Å². The van der Waals surface area contributed by atoms with Gasteiger partial charge in [-0.1, -0.05) is 36.4 Å². The zero-order chi connectivity index (χ0) is 20.6. The minimum absolute atomic E-state index is 0.00376. The molecular weight excluding hydrogens is 378 g/mol. The van der Waals surface area contributed by atoms with E-state index in [4.69, 9.17) is 18.9 Å². The van der Waals surface area contributed by atoms with E-state index < -0.39 is 12.3 Å². The van der Waals surface area contributed by atoms with Crippen LogP contribution in [0.2, 0.25) is 0 Å². The number of hydrogen-bond donors (Lipinski definition) is 0. The van der Waals surface area contributed by atoms with Crippen LogP contribution in [-0.2, 0) is 14.3 Å². The highest BCUT2D eigenvalue weighted by atomic mass is 16.7. The molecule has 1 heterocycles. The Labute approximate surface area is 167 Å². The molecular formula is C21H21NO7. The van der Waals surface area contributed by atoms with E-state index in [2.05, 4.69) is 0 Å². The molecule has 2 aromatic carbocycles. The monoisotopic (exact) mass is 399 g/mol. The van der Waals surface area contributed by atoms with Crippen LogP contribution in [0.4, 0.5) is 9.59 Å². The maximum Gasteiger partial charge on any atom is 0.513 e. The van der Waals surface area contributed by atoms with Gasteiger partial charge in [-0.3, -0.25) is 4.79 Å². The summed E-state index contributed by atoms with van der Waals surface area (Å²) in [7, 11) is 0. The standard InChI is InChI=1S/C21H21NO7/c1-15(23)22-16(13-26-20(24)28-18-8-4-2-5-9-18)12-17(22)14-27-21(25)29-19-10-6-3-7-11-19/h2-11,16-17H,12-14H2,1H3. The van der Waals surface area contributed by atoms with Crippen molar-refractivity contribution < 1.29 is 33.3 Å².